The van der Waals surface area contributed by atoms with E-state index in [4.69, 9.17) is 4.74 Å². The van der Waals surface area contributed by atoms with Crippen LogP contribution in [0.3, 0.4) is 0 Å². The van der Waals surface area contributed by atoms with Gasteiger partial charge in [-0.05, 0) is 32.2 Å². The number of ether oxygens (including phenoxy) is 1. The number of nitrogens with zero attached hydrogens (tertiary/aromatic N) is 1. The minimum atomic E-state index is -3.43. The molecular formula is C18H29N3O5S. The number of fused-ring (bicyclic) bond motifs is 1. The van der Waals surface area contributed by atoms with Crippen molar-refractivity contribution in [3.05, 3.63) is 23.8 Å². The van der Waals surface area contributed by atoms with Crippen molar-refractivity contribution in [1.82, 2.24) is 10.2 Å². The molecule has 8 nitrogen and oxygen atoms in total. The number of rotatable bonds is 6. The van der Waals surface area contributed by atoms with E-state index in [0.29, 0.717) is 30.1 Å². The summed E-state index contributed by atoms with van der Waals surface area (Å²) in [5.41, 5.74) is 0.992. The molecule has 0 saturated carbocycles. The third kappa shape index (κ3) is 5.82. The highest BCUT2D eigenvalue weighted by molar-refractivity contribution is 7.92. The lowest BCUT2D eigenvalue weighted by Crippen LogP contribution is -2.47. The molecule has 3 N–H and O–H groups in total. The molecule has 9 heteroatoms. The van der Waals surface area contributed by atoms with E-state index in [2.05, 4.69) is 10.0 Å². The predicted octanol–water partition coefficient (Wildman–Crippen LogP) is 0.427. The van der Waals surface area contributed by atoms with E-state index >= 15 is 0 Å². The Bertz CT molecular complexity index is 768. The Kier molecular flexibility index (Phi) is 7.07. The molecule has 0 unspecified atom stereocenters. The van der Waals surface area contributed by atoms with E-state index in [1.54, 1.807) is 30.0 Å². The second-order valence-corrected chi connectivity index (χ2v) is 8.89. The van der Waals surface area contributed by atoms with Gasteiger partial charge in [0.25, 0.3) is 0 Å². The number of amides is 1. The number of nitrogens with one attached hydrogen (secondary N) is 2. The average Bonchev–Trinajstić information content (AvgIpc) is 2.62. The molecule has 1 aromatic carbocycles. The van der Waals surface area contributed by atoms with Crippen molar-refractivity contribution in [2.75, 3.05) is 37.7 Å². The molecule has 27 heavy (non-hydrogen) atoms. The lowest BCUT2D eigenvalue weighted by atomic mass is 10.0. The Labute approximate surface area is 160 Å². The molecule has 0 spiro atoms. The number of benzene rings is 1. The summed E-state index contributed by atoms with van der Waals surface area (Å²) < 4.78 is 31.6. The van der Waals surface area contributed by atoms with Gasteiger partial charge in [-0.15, -0.1) is 0 Å². The van der Waals surface area contributed by atoms with Gasteiger partial charge in [-0.3, -0.25) is 9.52 Å². The summed E-state index contributed by atoms with van der Waals surface area (Å²) in [6.07, 6.45) is 0.964. The Hall–Kier alpha value is -1.84. The van der Waals surface area contributed by atoms with Gasteiger partial charge in [0.15, 0.2) is 0 Å². The fourth-order valence-electron chi connectivity index (χ4n) is 3.15. The van der Waals surface area contributed by atoms with Gasteiger partial charge >= 0.3 is 0 Å². The molecular weight excluding hydrogens is 370 g/mol. The first-order chi connectivity index (χ1) is 12.6. The molecule has 0 bridgehead atoms. The highest BCUT2D eigenvalue weighted by Gasteiger charge is 2.30. The first-order valence-corrected chi connectivity index (χ1v) is 10.9. The summed E-state index contributed by atoms with van der Waals surface area (Å²) in [4.78, 5) is 14.6. The third-order valence-electron chi connectivity index (χ3n) is 4.63. The summed E-state index contributed by atoms with van der Waals surface area (Å²) in [6.45, 7) is 4.75. The monoisotopic (exact) mass is 399 g/mol. The standard InChI is InChI=1S/C18H29N3O5S/c1-12-10-21(13(2)11-22)18(23)8-14-7-15(20-27(4,24)25)5-6-16(14)26-17(12)9-19-3/h5-7,12-13,17,19-20,22H,8-11H2,1-4H3/t12-,13+,17-/m1/s1. The lowest BCUT2D eigenvalue weighted by Gasteiger charge is -2.32. The molecule has 1 aromatic rings. The summed E-state index contributed by atoms with van der Waals surface area (Å²) in [5.74, 6) is 0.470. The van der Waals surface area contributed by atoms with Crippen LogP contribution in [0, 0.1) is 5.92 Å². The van der Waals surface area contributed by atoms with Gasteiger partial charge in [0.1, 0.15) is 11.9 Å². The summed E-state index contributed by atoms with van der Waals surface area (Å²) in [5, 5.41) is 12.7. The molecule has 3 atom stereocenters. The van der Waals surface area contributed by atoms with Crippen LogP contribution >= 0.6 is 0 Å². The van der Waals surface area contributed by atoms with E-state index in [1.807, 2.05) is 14.0 Å². The Morgan fingerprint density at radius 3 is 2.70 bits per heavy atom. The highest BCUT2D eigenvalue weighted by atomic mass is 32.2. The quantitative estimate of drug-likeness (QED) is 0.640. The van der Waals surface area contributed by atoms with Crippen LogP contribution in [0.4, 0.5) is 5.69 Å². The third-order valence-corrected chi connectivity index (χ3v) is 5.23. The van der Waals surface area contributed by atoms with Crippen LogP contribution in [0.25, 0.3) is 0 Å². The molecule has 1 amide bonds. The van der Waals surface area contributed by atoms with Crippen molar-refractivity contribution in [1.29, 1.82) is 0 Å². The molecule has 0 saturated heterocycles. The fourth-order valence-corrected chi connectivity index (χ4v) is 3.71. The summed E-state index contributed by atoms with van der Waals surface area (Å²) in [7, 11) is -1.59. The zero-order valence-corrected chi connectivity index (χ0v) is 17.0. The minimum Gasteiger partial charge on any atom is -0.488 e. The Morgan fingerprint density at radius 1 is 1.41 bits per heavy atom. The van der Waals surface area contributed by atoms with E-state index < -0.39 is 10.0 Å². The van der Waals surface area contributed by atoms with Gasteiger partial charge in [-0.25, -0.2) is 8.42 Å². The average molecular weight is 400 g/mol. The number of carbonyl (C=O) groups excluding carboxylic acids is 1. The number of hydrogen-bond acceptors (Lipinski definition) is 6. The minimum absolute atomic E-state index is 0.0372. The van der Waals surface area contributed by atoms with Crippen molar-refractivity contribution < 1.29 is 23.1 Å². The number of aliphatic hydroxyl groups is 1. The Balaban J connectivity index is 2.45. The molecule has 0 aliphatic carbocycles. The number of aliphatic hydroxyl groups excluding tert-OH is 1. The van der Waals surface area contributed by atoms with Gasteiger partial charge < -0.3 is 20.1 Å². The largest absolute Gasteiger partial charge is 0.488 e. The van der Waals surface area contributed by atoms with Crippen LogP contribution in [0.5, 0.6) is 5.75 Å². The van der Waals surface area contributed by atoms with E-state index in [0.717, 1.165) is 6.26 Å². The zero-order valence-electron chi connectivity index (χ0n) is 16.2. The lowest BCUT2D eigenvalue weighted by molar-refractivity contribution is -0.134. The first-order valence-electron chi connectivity index (χ1n) is 8.97. The maximum Gasteiger partial charge on any atom is 0.229 e. The van der Waals surface area contributed by atoms with Crippen LogP contribution in [0.15, 0.2) is 18.2 Å². The van der Waals surface area contributed by atoms with Crippen LogP contribution < -0.4 is 14.8 Å². The maximum absolute atomic E-state index is 12.9. The van der Waals surface area contributed by atoms with Crippen LogP contribution in [0.1, 0.15) is 19.4 Å². The molecule has 1 aliphatic heterocycles. The number of likely N-dealkylation sites (N-methyl/N-ethyl adjacent to an activating group) is 1. The van der Waals surface area contributed by atoms with E-state index in [-0.39, 0.29) is 37.0 Å². The number of hydrogen-bond donors (Lipinski definition) is 3. The van der Waals surface area contributed by atoms with Gasteiger partial charge in [-0.1, -0.05) is 6.92 Å². The van der Waals surface area contributed by atoms with Crippen molar-refractivity contribution in [3.63, 3.8) is 0 Å². The fraction of sp³-hybridized carbons (Fsp3) is 0.611. The molecule has 1 aliphatic rings. The van der Waals surface area contributed by atoms with Gasteiger partial charge in [0, 0.05) is 30.3 Å². The van der Waals surface area contributed by atoms with Gasteiger partial charge in [-0.2, -0.15) is 0 Å². The van der Waals surface area contributed by atoms with Crippen LogP contribution in [-0.4, -0.2) is 69.5 Å². The molecule has 1 heterocycles. The molecule has 152 valence electrons. The normalized spacial score (nSPS) is 22.1. The number of anilines is 1. The highest BCUT2D eigenvalue weighted by Crippen LogP contribution is 2.29. The number of sulfonamides is 1. The Morgan fingerprint density at radius 2 is 2.11 bits per heavy atom. The predicted molar refractivity (Wildman–Crippen MR) is 104 cm³/mol. The van der Waals surface area contributed by atoms with E-state index in [1.165, 1.54) is 0 Å². The molecule has 0 fully saturated rings. The molecule has 2 rings (SSSR count). The smallest absolute Gasteiger partial charge is 0.229 e. The topological polar surface area (TPSA) is 108 Å². The van der Waals surface area contributed by atoms with Crippen molar-refractivity contribution in [3.8, 4) is 5.75 Å². The summed E-state index contributed by atoms with van der Waals surface area (Å²) >= 11 is 0. The second-order valence-electron chi connectivity index (χ2n) is 7.14. The molecule has 0 radical (unpaired) electrons. The van der Waals surface area contributed by atoms with Gasteiger partial charge in [0.05, 0.1) is 25.3 Å². The summed E-state index contributed by atoms with van der Waals surface area (Å²) in [6, 6.07) is 4.63. The SMILES string of the molecule is CNC[C@H]1Oc2ccc(NS(C)(=O)=O)cc2CC(=O)N([C@@H](C)CO)C[C@H]1C. The van der Waals surface area contributed by atoms with Crippen molar-refractivity contribution >= 4 is 21.6 Å². The molecule has 0 aromatic heterocycles. The maximum atomic E-state index is 12.9. The second kappa shape index (κ2) is 8.90. The van der Waals surface area contributed by atoms with Crippen molar-refractivity contribution in [2.45, 2.75) is 32.4 Å². The first kappa shape index (κ1) is 21.5. The van der Waals surface area contributed by atoms with Crippen LogP contribution in [0.2, 0.25) is 0 Å². The van der Waals surface area contributed by atoms with Crippen molar-refractivity contribution in [2.24, 2.45) is 5.92 Å². The van der Waals surface area contributed by atoms with E-state index in [9.17, 15) is 18.3 Å². The zero-order chi connectivity index (χ0) is 20.2. The van der Waals surface area contributed by atoms with Crippen LogP contribution in [-0.2, 0) is 21.2 Å². The number of carbonyl (C=O) groups is 1. The van der Waals surface area contributed by atoms with Gasteiger partial charge in [0.2, 0.25) is 15.9 Å².